The maximum atomic E-state index is 12.6. The highest BCUT2D eigenvalue weighted by Gasteiger charge is 2.33. The van der Waals surface area contributed by atoms with Gasteiger partial charge in [-0.2, -0.15) is 0 Å². The van der Waals surface area contributed by atoms with E-state index in [-0.39, 0.29) is 5.92 Å². The van der Waals surface area contributed by atoms with Crippen molar-refractivity contribution in [3.05, 3.63) is 0 Å². The van der Waals surface area contributed by atoms with Gasteiger partial charge in [0.05, 0.1) is 13.0 Å². The molecule has 0 aliphatic heterocycles. The first kappa shape index (κ1) is 25.3. The maximum absolute atomic E-state index is 12.6. The molecule has 7 N–H and O–H groups in total. The van der Waals surface area contributed by atoms with Crippen LogP contribution in [0, 0.1) is 11.8 Å². The maximum Gasteiger partial charge on any atom is 0.326 e. The lowest BCUT2D eigenvalue weighted by Crippen LogP contribution is -2.58. The normalized spacial score (nSPS) is 15.1. The van der Waals surface area contributed by atoms with Crippen molar-refractivity contribution in [1.82, 2.24) is 16.0 Å². The Morgan fingerprint density at radius 1 is 0.893 bits per heavy atom. The van der Waals surface area contributed by atoms with Gasteiger partial charge in [0.1, 0.15) is 18.1 Å². The quantitative estimate of drug-likeness (QED) is 0.231. The second-order valence-corrected chi connectivity index (χ2v) is 6.86. The molecule has 4 unspecified atom stereocenters. The number of carbonyl (C=O) groups excluding carboxylic acids is 3. The number of aliphatic carboxylic acids is 2. The molecule has 0 bridgehead atoms. The van der Waals surface area contributed by atoms with E-state index in [9.17, 15) is 29.1 Å². The molecule has 0 aliphatic rings. The standard InChI is InChI=1S/C17H30N4O7/c1-5-9(4)14(17(27)28)21-16(26)13(8(2)3)20-15(25)10(6-12(23)24)19-11(22)7-18/h8-10,13-14H,5-7,18H2,1-4H3,(H,19,22)(H,20,25)(H,21,26)(H,23,24)(H,27,28). The average Bonchev–Trinajstić information content (AvgIpc) is 2.61. The third-order valence-electron chi connectivity index (χ3n) is 4.24. The molecule has 0 heterocycles. The number of nitrogens with two attached hydrogens (primary N) is 1. The molecule has 0 radical (unpaired) electrons. The van der Waals surface area contributed by atoms with E-state index in [1.165, 1.54) is 0 Å². The molecule has 0 saturated carbocycles. The van der Waals surface area contributed by atoms with Gasteiger partial charge >= 0.3 is 11.9 Å². The third-order valence-corrected chi connectivity index (χ3v) is 4.24. The van der Waals surface area contributed by atoms with Crippen molar-refractivity contribution in [3.63, 3.8) is 0 Å². The molecule has 0 fully saturated rings. The van der Waals surface area contributed by atoms with Crippen LogP contribution < -0.4 is 21.7 Å². The Labute approximate surface area is 163 Å². The van der Waals surface area contributed by atoms with Gasteiger partial charge in [0, 0.05) is 0 Å². The fourth-order valence-corrected chi connectivity index (χ4v) is 2.35. The van der Waals surface area contributed by atoms with Crippen LogP contribution in [-0.4, -0.2) is 64.5 Å². The van der Waals surface area contributed by atoms with Crippen LogP contribution in [0.15, 0.2) is 0 Å². The number of carbonyl (C=O) groups is 5. The zero-order chi connectivity index (χ0) is 22.0. The summed E-state index contributed by atoms with van der Waals surface area (Å²) in [7, 11) is 0. The summed E-state index contributed by atoms with van der Waals surface area (Å²) in [5.41, 5.74) is 5.16. The van der Waals surface area contributed by atoms with E-state index >= 15 is 0 Å². The van der Waals surface area contributed by atoms with Crippen molar-refractivity contribution >= 4 is 29.7 Å². The number of amides is 3. The molecular formula is C17H30N4O7. The predicted molar refractivity (Wildman–Crippen MR) is 99.0 cm³/mol. The molecule has 160 valence electrons. The molecule has 28 heavy (non-hydrogen) atoms. The van der Waals surface area contributed by atoms with Gasteiger partial charge in [-0.1, -0.05) is 34.1 Å². The van der Waals surface area contributed by atoms with Gasteiger partial charge in [-0.3, -0.25) is 19.2 Å². The summed E-state index contributed by atoms with van der Waals surface area (Å²) in [6.45, 7) is 6.29. The van der Waals surface area contributed by atoms with Crippen LogP contribution in [0.2, 0.25) is 0 Å². The lowest BCUT2D eigenvalue weighted by Gasteiger charge is -2.27. The molecule has 3 amide bonds. The van der Waals surface area contributed by atoms with Gasteiger partial charge in [-0.15, -0.1) is 0 Å². The minimum absolute atomic E-state index is 0.339. The van der Waals surface area contributed by atoms with Gasteiger partial charge in [0.15, 0.2) is 0 Å². The van der Waals surface area contributed by atoms with Gasteiger partial charge < -0.3 is 31.9 Å². The minimum Gasteiger partial charge on any atom is -0.481 e. The van der Waals surface area contributed by atoms with Gasteiger partial charge in [0.25, 0.3) is 0 Å². The van der Waals surface area contributed by atoms with Gasteiger partial charge in [-0.05, 0) is 11.8 Å². The molecule has 0 aromatic heterocycles. The number of carboxylic acid groups (broad SMARTS) is 2. The van der Waals surface area contributed by atoms with Crippen LogP contribution in [0.1, 0.15) is 40.5 Å². The topological polar surface area (TPSA) is 188 Å². The predicted octanol–water partition coefficient (Wildman–Crippen LogP) is -1.34. The second kappa shape index (κ2) is 11.9. The summed E-state index contributed by atoms with van der Waals surface area (Å²) in [5, 5.41) is 25.2. The average molecular weight is 402 g/mol. The molecule has 11 heteroatoms. The van der Waals surface area contributed by atoms with Crippen LogP contribution >= 0.6 is 0 Å². The van der Waals surface area contributed by atoms with E-state index in [4.69, 9.17) is 10.8 Å². The lowest BCUT2D eigenvalue weighted by atomic mass is 9.97. The molecule has 0 aliphatic carbocycles. The SMILES string of the molecule is CCC(C)C(NC(=O)C(NC(=O)C(CC(=O)O)NC(=O)CN)C(C)C)C(=O)O. The third kappa shape index (κ3) is 8.33. The van der Waals surface area contributed by atoms with E-state index in [2.05, 4.69) is 16.0 Å². The van der Waals surface area contributed by atoms with Crippen molar-refractivity contribution in [2.45, 2.75) is 58.7 Å². The molecule has 4 atom stereocenters. The molecule has 11 nitrogen and oxygen atoms in total. The first-order valence-electron chi connectivity index (χ1n) is 8.99. The highest BCUT2D eigenvalue weighted by atomic mass is 16.4. The Balaban J connectivity index is 5.36. The van der Waals surface area contributed by atoms with Crippen molar-refractivity contribution in [1.29, 1.82) is 0 Å². The highest BCUT2D eigenvalue weighted by molar-refractivity contribution is 5.95. The van der Waals surface area contributed by atoms with Crippen LogP contribution in [0.4, 0.5) is 0 Å². The summed E-state index contributed by atoms with van der Waals surface area (Å²) in [4.78, 5) is 58.8. The molecule has 0 rings (SSSR count). The van der Waals surface area contributed by atoms with Crippen LogP contribution in [0.25, 0.3) is 0 Å². The van der Waals surface area contributed by atoms with E-state index < -0.39 is 66.7 Å². The van der Waals surface area contributed by atoms with E-state index in [1.54, 1.807) is 27.7 Å². The summed E-state index contributed by atoms with van der Waals surface area (Å²) in [6.07, 6.45) is -0.184. The van der Waals surface area contributed by atoms with Crippen molar-refractivity contribution in [3.8, 4) is 0 Å². The van der Waals surface area contributed by atoms with Crippen molar-refractivity contribution in [2.75, 3.05) is 6.54 Å². The Morgan fingerprint density at radius 2 is 1.43 bits per heavy atom. The monoisotopic (exact) mass is 402 g/mol. The summed E-state index contributed by atoms with van der Waals surface area (Å²) < 4.78 is 0. The zero-order valence-electron chi connectivity index (χ0n) is 16.5. The largest absolute Gasteiger partial charge is 0.481 e. The van der Waals surface area contributed by atoms with Crippen LogP contribution in [0.3, 0.4) is 0 Å². The summed E-state index contributed by atoms with van der Waals surface area (Å²) >= 11 is 0. The van der Waals surface area contributed by atoms with E-state index in [0.717, 1.165) is 0 Å². The van der Waals surface area contributed by atoms with E-state index in [0.29, 0.717) is 6.42 Å². The Kier molecular flexibility index (Phi) is 10.8. The highest BCUT2D eigenvalue weighted by Crippen LogP contribution is 2.10. The molecule has 0 spiro atoms. The van der Waals surface area contributed by atoms with E-state index in [1.807, 2.05) is 0 Å². The Morgan fingerprint density at radius 3 is 1.82 bits per heavy atom. The summed E-state index contributed by atoms with van der Waals surface area (Å²) in [5.74, 6) is -5.61. The molecule has 0 saturated heterocycles. The number of hydrogen-bond donors (Lipinski definition) is 6. The van der Waals surface area contributed by atoms with Crippen molar-refractivity contribution in [2.24, 2.45) is 17.6 Å². The smallest absolute Gasteiger partial charge is 0.326 e. The molecule has 0 aromatic carbocycles. The number of nitrogens with one attached hydrogen (secondary N) is 3. The van der Waals surface area contributed by atoms with Crippen LogP contribution in [-0.2, 0) is 24.0 Å². The van der Waals surface area contributed by atoms with Gasteiger partial charge in [0.2, 0.25) is 17.7 Å². The summed E-state index contributed by atoms with van der Waals surface area (Å²) in [6, 6.07) is -3.68. The minimum atomic E-state index is -1.42. The zero-order valence-corrected chi connectivity index (χ0v) is 16.5. The molecular weight excluding hydrogens is 372 g/mol. The molecule has 0 aromatic rings. The fourth-order valence-electron chi connectivity index (χ4n) is 2.35. The Bertz CT molecular complexity index is 594. The van der Waals surface area contributed by atoms with Crippen molar-refractivity contribution < 1.29 is 34.2 Å². The number of carboxylic acids is 2. The lowest BCUT2D eigenvalue weighted by molar-refractivity contribution is -0.144. The van der Waals surface area contributed by atoms with Gasteiger partial charge in [-0.25, -0.2) is 4.79 Å². The second-order valence-electron chi connectivity index (χ2n) is 6.86. The first-order valence-corrected chi connectivity index (χ1v) is 8.99. The Hall–Kier alpha value is -2.69. The number of rotatable bonds is 12. The first-order chi connectivity index (χ1) is 12.9. The fraction of sp³-hybridized carbons (Fsp3) is 0.706. The number of hydrogen-bond acceptors (Lipinski definition) is 6. The van der Waals surface area contributed by atoms with Crippen LogP contribution in [0.5, 0.6) is 0 Å².